The Kier molecular flexibility index (Phi) is 5.98. The second kappa shape index (κ2) is 8.41. The van der Waals surface area contributed by atoms with E-state index < -0.39 is 0 Å². The van der Waals surface area contributed by atoms with E-state index in [1.54, 1.807) is 18.2 Å². The number of nitrogens with one attached hydrogen (secondary N) is 2. The third kappa shape index (κ3) is 4.78. The van der Waals surface area contributed by atoms with Crippen molar-refractivity contribution in [3.05, 3.63) is 64.1 Å². The number of benzene rings is 3. The Hall–Kier alpha value is -2.57. The Morgan fingerprint density at radius 1 is 1.07 bits per heavy atom. The second-order valence-electron chi connectivity index (χ2n) is 5.81. The van der Waals surface area contributed by atoms with Crippen molar-refractivity contribution in [3.63, 3.8) is 0 Å². The molecule has 3 aromatic rings. The lowest BCUT2D eigenvalue weighted by Gasteiger charge is -2.12. The first-order valence-corrected chi connectivity index (χ1v) is 9.28. The second-order valence-corrected chi connectivity index (χ2v) is 7.01. The molecular weight excluding hydrogens is 432 g/mol. The standard InChI is InChI=1S/C20H16BrClN2O3/c1-12(25)23-14-7-8-16(22)17(10-14)24-19(26)11-27-18-9-6-13-4-2-3-5-15(13)20(18)21/h2-10H,11H2,1H3,(H,23,25)(H,24,26). The lowest BCUT2D eigenvalue weighted by Crippen LogP contribution is -2.20. The molecule has 27 heavy (non-hydrogen) atoms. The topological polar surface area (TPSA) is 67.4 Å². The molecule has 0 saturated heterocycles. The number of amides is 2. The van der Waals surface area contributed by atoms with E-state index in [9.17, 15) is 9.59 Å². The van der Waals surface area contributed by atoms with Crippen LogP contribution in [0.3, 0.4) is 0 Å². The van der Waals surface area contributed by atoms with E-state index in [4.69, 9.17) is 16.3 Å². The van der Waals surface area contributed by atoms with Gasteiger partial charge in [0.05, 0.1) is 15.2 Å². The molecular formula is C20H16BrClN2O3. The SMILES string of the molecule is CC(=O)Nc1ccc(Cl)c(NC(=O)COc2ccc3ccccc3c2Br)c1. The van der Waals surface area contributed by atoms with Crippen molar-refractivity contribution in [1.29, 1.82) is 0 Å². The van der Waals surface area contributed by atoms with Crippen molar-refractivity contribution in [2.75, 3.05) is 17.2 Å². The lowest BCUT2D eigenvalue weighted by molar-refractivity contribution is -0.118. The van der Waals surface area contributed by atoms with Crippen LogP contribution in [0.5, 0.6) is 5.75 Å². The van der Waals surface area contributed by atoms with Gasteiger partial charge in [-0.15, -0.1) is 0 Å². The smallest absolute Gasteiger partial charge is 0.262 e. The van der Waals surface area contributed by atoms with Gasteiger partial charge < -0.3 is 15.4 Å². The first-order chi connectivity index (χ1) is 12.9. The minimum absolute atomic E-state index is 0.183. The fourth-order valence-electron chi connectivity index (χ4n) is 2.56. The third-order valence-electron chi connectivity index (χ3n) is 3.75. The Labute approximate surface area is 169 Å². The minimum atomic E-state index is -0.364. The molecule has 0 saturated carbocycles. The van der Waals surface area contributed by atoms with Gasteiger partial charge in [0.15, 0.2) is 6.61 Å². The molecule has 2 amide bonds. The van der Waals surface area contributed by atoms with E-state index in [0.717, 1.165) is 15.2 Å². The van der Waals surface area contributed by atoms with Crippen LogP contribution in [0.2, 0.25) is 5.02 Å². The van der Waals surface area contributed by atoms with E-state index in [1.807, 2.05) is 36.4 Å². The van der Waals surface area contributed by atoms with Crippen LogP contribution in [0.1, 0.15) is 6.92 Å². The summed E-state index contributed by atoms with van der Waals surface area (Å²) >= 11 is 9.63. The highest BCUT2D eigenvalue weighted by Crippen LogP contribution is 2.33. The number of rotatable bonds is 5. The average Bonchev–Trinajstić information content (AvgIpc) is 2.64. The van der Waals surface area contributed by atoms with Gasteiger partial charge in [-0.3, -0.25) is 9.59 Å². The van der Waals surface area contributed by atoms with Crippen molar-refractivity contribution in [2.24, 2.45) is 0 Å². The van der Waals surface area contributed by atoms with Crippen molar-refractivity contribution >= 4 is 61.5 Å². The molecule has 0 fully saturated rings. The quantitative estimate of drug-likeness (QED) is 0.563. The fraction of sp³-hybridized carbons (Fsp3) is 0.100. The maximum absolute atomic E-state index is 12.2. The Bertz CT molecular complexity index is 1020. The van der Waals surface area contributed by atoms with E-state index >= 15 is 0 Å². The first-order valence-electron chi connectivity index (χ1n) is 8.11. The summed E-state index contributed by atoms with van der Waals surface area (Å²) in [4.78, 5) is 23.4. The minimum Gasteiger partial charge on any atom is -0.483 e. The summed E-state index contributed by atoms with van der Waals surface area (Å²) in [6.07, 6.45) is 0. The summed E-state index contributed by atoms with van der Waals surface area (Å²) in [6, 6.07) is 16.5. The molecule has 7 heteroatoms. The molecule has 0 aliphatic carbocycles. The zero-order chi connectivity index (χ0) is 19.4. The van der Waals surface area contributed by atoms with Crippen LogP contribution >= 0.6 is 27.5 Å². The number of carbonyl (C=O) groups excluding carboxylic acids is 2. The van der Waals surface area contributed by atoms with Crippen LogP contribution in [0, 0.1) is 0 Å². The number of halogens is 2. The van der Waals surface area contributed by atoms with Crippen molar-refractivity contribution in [2.45, 2.75) is 6.92 Å². The summed E-state index contributed by atoms with van der Waals surface area (Å²) in [7, 11) is 0. The molecule has 2 N–H and O–H groups in total. The van der Waals surface area contributed by atoms with Gasteiger partial charge in [0.2, 0.25) is 5.91 Å². The summed E-state index contributed by atoms with van der Waals surface area (Å²) < 4.78 is 6.43. The van der Waals surface area contributed by atoms with Crippen LogP contribution in [0.25, 0.3) is 10.8 Å². The molecule has 0 bridgehead atoms. The van der Waals surface area contributed by atoms with Gasteiger partial charge in [-0.05, 0) is 51.0 Å². The normalized spacial score (nSPS) is 10.5. The molecule has 5 nitrogen and oxygen atoms in total. The number of hydrogen-bond acceptors (Lipinski definition) is 3. The van der Waals surface area contributed by atoms with Crippen molar-refractivity contribution < 1.29 is 14.3 Å². The predicted molar refractivity (Wildman–Crippen MR) is 112 cm³/mol. The van der Waals surface area contributed by atoms with Gasteiger partial charge in [0.25, 0.3) is 5.91 Å². The average molecular weight is 448 g/mol. The first kappa shape index (κ1) is 19.2. The van der Waals surface area contributed by atoms with Crippen LogP contribution in [0.4, 0.5) is 11.4 Å². The lowest BCUT2D eigenvalue weighted by atomic mass is 10.1. The molecule has 0 aliphatic heterocycles. The van der Waals surface area contributed by atoms with E-state index in [1.165, 1.54) is 6.92 Å². The molecule has 0 aromatic heterocycles. The molecule has 0 spiro atoms. The van der Waals surface area contributed by atoms with Crippen LogP contribution in [-0.4, -0.2) is 18.4 Å². The monoisotopic (exact) mass is 446 g/mol. The molecule has 0 atom stereocenters. The summed E-state index contributed by atoms with van der Waals surface area (Å²) in [5.74, 6) is -0.00188. The molecule has 138 valence electrons. The molecule has 0 aliphatic rings. The Morgan fingerprint density at radius 2 is 1.85 bits per heavy atom. The van der Waals surface area contributed by atoms with Crippen molar-refractivity contribution in [3.8, 4) is 5.75 Å². The summed E-state index contributed by atoms with van der Waals surface area (Å²) in [5.41, 5.74) is 0.939. The van der Waals surface area contributed by atoms with Crippen molar-refractivity contribution in [1.82, 2.24) is 0 Å². The van der Waals surface area contributed by atoms with Gasteiger partial charge >= 0.3 is 0 Å². The van der Waals surface area contributed by atoms with Gasteiger partial charge in [-0.2, -0.15) is 0 Å². The number of carbonyl (C=O) groups is 2. The maximum atomic E-state index is 12.2. The molecule has 0 radical (unpaired) electrons. The molecule has 0 unspecified atom stereocenters. The van der Waals surface area contributed by atoms with E-state index in [2.05, 4.69) is 26.6 Å². The zero-order valence-corrected chi connectivity index (χ0v) is 16.7. The molecule has 0 heterocycles. The van der Waals surface area contributed by atoms with E-state index in [-0.39, 0.29) is 18.4 Å². The maximum Gasteiger partial charge on any atom is 0.262 e. The number of hydrogen-bond donors (Lipinski definition) is 2. The van der Waals surface area contributed by atoms with Crippen LogP contribution in [-0.2, 0) is 9.59 Å². The molecule has 3 rings (SSSR count). The van der Waals surface area contributed by atoms with Gasteiger partial charge in [0, 0.05) is 12.6 Å². The van der Waals surface area contributed by atoms with E-state index in [0.29, 0.717) is 22.1 Å². The van der Waals surface area contributed by atoms with Gasteiger partial charge in [0.1, 0.15) is 5.75 Å². The number of fused-ring (bicyclic) bond motifs is 1. The van der Waals surface area contributed by atoms with Crippen LogP contribution in [0.15, 0.2) is 59.1 Å². The zero-order valence-electron chi connectivity index (χ0n) is 14.4. The highest BCUT2D eigenvalue weighted by molar-refractivity contribution is 9.10. The highest BCUT2D eigenvalue weighted by atomic mass is 79.9. The summed E-state index contributed by atoms with van der Waals surface area (Å²) in [6.45, 7) is 1.22. The van der Waals surface area contributed by atoms with Gasteiger partial charge in [-0.1, -0.05) is 41.9 Å². The highest BCUT2D eigenvalue weighted by Gasteiger charge is 2.11. The van der Waals surface area contributed by atoms with Crippen LogP contribution < -0.4 is 15.4 Å². The Morgan fingerprint density at radius 3 is 2.63 bits per heavy atom. The third-order valence-corrected chi connectivity index (χ3v) is 4.89. The number of anilines is 2. The number of ether oxygens (including phenoxy) is 1. The fourth-order valence-corrected chi connectivity index (χ4v) is 3.33. The largest absolute Gasteiger partial charge is 0.483 e. The predicted octanol–water partition coefficient (Wildman–Crippen LogP) is 5.23. The molecule has 3 aromatic carbocycles. The van der Waals surface area contributed by atoms with Gasteiger partial charge in [-0.25, -0.2) is 0 Å². The summed E-state index contributed by atoms with van der Waals surface area (Å²) in [5, 5.41) is 7.77. The Balaban J connectivity index is 1.68.